The number of nitrogens with one attached hydrogen (secondary N) is 1. The van der Waals surface area contributed by atoms with E-state index in [1.54, 1.807) is 0 Å². The first-order valence-electron chi connectivity index (χ1n) is 6.49. The molecule has 0 spiro atoms. The van der Waals surface area contributed by atoms with Crippen LogP contribution in [0.15, 0.2) is 0 Å². The van der Waals surface area contributed by atoms with E-state index in [4.69, 9.17) is 5.26 Å². The van der Waals surface area contributed by atoms with E-state index < -0.39 is 30.1 Å². The van der Waals surface area contributed by atoms with Crippen LogP contribution in [0.3, 0.4) is 0 Å². The first kappa shape index (κ1) is 18.0. The van der Waals surface area contributed by atoms with Crippen molar-refractivity contribution in [3.05, 3.63) is 0 Å². The molecule has 21 heavy (non-hydrogen) atoms. The third kappa shape index (κ3) is 4.74. The zero-order valence-electron chi connectivity index (χ0n) is 11.3. The van der Waals surface area contributed by atoms with E-state index in [9.17, 15) is 26.3 Å². The van der Waals surface area contributed by atoms with Gasteiger partial charge in [-0.15, -0.1) is 0 Å². The normalized spacial score (nSPS) is 27.1. The quantitative estimate of drug-likeness (QED) is 0.791. The Morgan fingerprint density at radius 3 is 2.29 bits per heavy atom. The van der Waals surface area contributed by atoms with E-state index in [2.05, 4.69) is 10.1 Å². The molecule has 2 unspecified atom stereocenters. The number of nitrogens with zero attached hydrogens (tertiary/aromatic N) is 1. The van der Waals surface area contributed by atoms with Gasteiger partial charge in [-0.1, -0.05) is 6.92 Å². The molecule has 1 aliphatic rings. The average molecular weight is 318 g/mol. The van der Waals surface area contributed by atoms with Gasteiger partial charge in [-0.3, -0.25) is 5.32 Å². The van der Waals surface area contributed by atoms with Crippen LogP contribution in [0.5, 0.6) is 0 Å². The van der Waals surface area contributed by atoms with Gasteiger partial charge in [0.25, 0.3) is 0 Å². The molecule has 0 bridgehead atoms. The van der Waals surface area contributed by atoms with Crippen molar-refractivity contribution < 1.29 is 31.1 Å². The molecule has 1 fully saturated rings. The number of alkyl halides is 6. The maximum Gasteiger partial charge on any atom is 0.423 e. The smallest absolute Gasteiger partial charge is 0.357 e. The lowest BCUT2D eigenvalue weighted by Gasteiger charge is -2.27. The molecule has 1 aliphatic carbocycles. The van der Waals surface area contributed by atoms with Crippen molar-refractivity contribution in [1.82, 2.24) is 5.32 Å². The van der Waals surface area contributed by atoms with Crippen LogP contribution in [0.25, 0.3) is 0 Å². The Balaban J connectivity index is 2.74. The molecule has 0 aromatic heterocycles. The molecule has 1 rings (SSSR count). The first-order valence-corrected chi connectivity index (χ1v) is 6.49. The number of ether oxygens (including phenoxy) is 1. The molecule has 1 saturated carbocycles. The van der Waals surface area contributed by atoms with Crippen molar-refractivity contribution in [3.63, 3.8) is 0 Å². The topological polar surface area (TPSA) is 45.0 Å². The molecular weight excluding hydrogens is 302 g/mol. The Kier molecular flexibility index (Phi) is 5.50. The third-order valence-corrected chi connectivity index (χ3v) is 3.32. The highest BCUT2D eigenvalue weighted by Gasteiger charge is 2.59. The van der Waals surface area contributed by atoms with E-state index >= 15 is 0 Å². The van der Waals surface area contributed by atoms with Gasteiger partial charge in [-0.05, 0) is 25.8 Å². The van der Waals surface area contributed by atoms with Gasteiger partial charge in [-0.2, -0.15) is 31.6 Å². The molecule has 0 aromatic carbocycles. The lowest BCUT2D eigenvalue weighted by Crippen LogP contribution is -2.47. The molecule has 1 N–H and O–H groups in total. The summed E-state index contributed by atoms with van der Waals surface area (Å²) in [6, 6.07) is 1.94. The van der Waals surface area contributed by atoms with E-state index in [1.807, 2.05) is 13.0 Å². The minimum absolute atomic E-state index is 0.0209. The highest BCUT2D eigenvalue weighted by Crippen LogP contribution is 2.40. The summed E-state index contributed by atoms with van der Waals surface area (Å²) in [4.78, 5) is 0. The van der Waals surface area contributed by atoms with E-state index in [0.29, 0.717) is 13.0 Å². The summed E-state index contributed by atoms with van der Waals surface area (Å²) >= 11 is 0. The molecule has 9 heteroatoms. The molecule has 0 radical (unpaired) electrons. The minimum atomic E-state index is -5.52. The number of hydrogen-bond donors (Lipinski definition) is 1. The molecule has 0 saturated heterocycles. The molecule has 2 atom stereocenters. The Bertz CT molecular complexity index is 375. The monoisotopic (exact) mass is 318 g/mol. The summed E-state index contributed by atoms with van der Waals surface area (Å²) in [6.07, 6.45) is -15.4. The number of hydrogen-bond acceptors (Lipinski definition) is 3. The van der Waals surface area contributed by atoms with Crippen LogP contribution < -0.4 is 5.32 Å². The van der Waals surface area contributed by atoms with Crippen molar-refractivity contribution in [2.75, 3.05) is 6.54 Å². The Labute approximate surface area is 118 Å². The lowest BCUT2D eigenvalue weighted by molar-refractivity contribution is -0.330. The fourth-order valence-corrected chi connectivity index (χ4v) is 2.31. The number of nitriles is 1. The van der Waals surface area contributed by atoms with Crippen LogP contribution in [0.2, 0.25) is 0 Å². The van der Waals surface area contributed by atoms with Gasteiger partial charge in [0.1, 0.15) is 5.54 Å². The summed E-state index contributed by atoms with van der Waals surface area (Å²) in [5.74, 6) is 0. The second kappa shape index (κ2) is 6.40. The van der Waals surface area contributed by atoms with Gasteiger partial charge in [0, 0.05) is 6.42 Å². The predicted octanol–water partition coefficient (Wildman–Crippen LogP) is 3.31. The van der Waals surface area contributed by atoms with Crippen molar-refractivity contribution in [2.45, 2.75) is 62.7 Å². The predicted molar refractivity (Wildman–Crippen MR) is 61.3 cm³/mol. The van der Waals surface area contributed by atoms with Crippen molar-refractivity contribution in [3.8, 4) is 6.07 Å². The van der Waals surface area contributed by atoms with Gasteiger partial charge in [0.15, 0.2) is 0 Å². The maximum atomic E-state index is 12.4. The highest BCUT2D eigenvalue weighted by atomic mass is 19.4. The summed E-state index contributed by atoms with van der Waals surface area (Å²) in [7, 11) is 0. The number of halogens is 6. The molecule has 122 valence electrons. The Morgan fingerprint density at radius 2 is 1.86 bits per heavy atom. The van der Waals surface area contributed by atoms with Crippen LogP contribution in [0, 0.1) is 11.3 Å². The molecule has 0 heterocycles. The minimum Gasteiger partial charge on any atom is -0.357 e. The van der Waals surface area contributed by atoms with Gasteiger partial charge in [-0.25, -0.2) is 0 Å². The summed E-state index contributed by atoms with van der Waals surface area (Å²) in [5.41, 5.74) is -1.11. The fourth-order valence-electron chi connectivity index (χ4n) is 2.31. The first-order chi connectivity index (χ1) is 9.54. The lowest BCUT2D eigenvalue weighted by atomic mass is 9.99. The second-order valence-corrected chi connectivity index (χ2v) is 5.08. The zero-order chi connectivity index (χ0) is 16.3. The SMILES string of the molecule is CCCNC1(C#N)CCC(OC(C(F)(F)F)C(F)(F)F)C1. The molecule has 0 aliphatic heterocycles. The van der Waals surface area contributed by atoms with Crippen LogP contribution in [-0.2, 0) is 4.74 Å². The third-order valence-electron chi connectivity index (χ3n) is 3.32. The Hall–Kier alpha value is -1.01. The zero-order valence-corrected chi connectivity index (χ0v) is 11.3. The van der Waals surface area contributed by atoms with Crippen molar-refractivity contribution >= 4 is 0 Å². The van der Waals surface area contributed by atoms with Crippen molar-refractivity contribution in [1.29, 1.82) is 5.26 Å². The van der Waals surface area contributed by atoms with E-state index in [1.165, 1.54) is 0 Å². The largest absolute Gasteiger partial charge is 0.423 e. The Morgan fingerprint density at radius 1 is 1.29 bits per heavy atom. The molecule has 0 aromatic rings. The van der Waals surface area contributed by atoms with Gasteiger partial charge < -0.3 is 4.74 Å². The van der Waals surface area contributed by atoms with Gasteiger partial charge >= 0.3 is 12.4 Å². The fraction of sp³-hybridized carbons (Fsp3) is 0.917. The molecular formula is C12H16F6N2O. The van der Waals surface area contributed by atoms with Crippen LogP contribution in [0.4, 0.5) is 26.3 Å². The standard InChI is InChI=1S/C12H16F6N2O/c1-2-5-20-10(7-19)4-3-8(6-10)21-9(11(13,14)15)12(16,17)18/h8-9,20H,2-6H2,1H3. The maximum absolute atomic E-state index is 12.4. The molecule has 3 nitrogen and oxygen atoms in total. The molecule has 0 amide bonds. The second-order valence-electron chi connectivity index (χ2n) is 5.08. The summed E-state index contributed by atoms with van der Waals surface area (Å²) in [5, 5.41) is 12.0. The van der Waals surface area contributed by atoms with Gasteiger partial charge in [0.2, 0.25) is 6.10 Å². The number of rotatable bonds is 5. The average Bonchev–Trinajstić information content (AvgIpc) is 2.75. The van der Waals surface area contributed by atoms with Crippen LogP contribution in [-0.4, -0.2) is 36.6 Å². The summed E-state index contributed by atoms with van der Waals surface area (Å²) in [6.45, 7) is 2.30. The van der Waals surface area contributed by atoms with Crippen LogP contribution >= 0.6 is 0 Å². The van der Waals surface area contributed by atoms with E-state index in [-0.39, 0.29) is 19.3 Å². The van der Waals surface area contributed by atoms with E-state index in [0.717, 1.165) is 0 Å². The van der Waals surface area contributed by atoms with Crippen molar-refractivity contribution in [2.24, 2.45) is 0 Å². The van der Waals surface area contributed by atoms with Gasteiger partial charge in [0.05, 0.1) is 12.2 Å². The highest BCUT2D eigenvalue weighted by molar-refractivity contribution is 5.12. The summed E-state index contributed by atoms with van der Waals surface area (Å²) < 4.78 is 78.8. The van der Waals surface area contributed by atoms with Crippen LogP contribution in [0.1, 0.15) is 32.6 Å².